The first-order valence-corrected chi connectivity index (χ1v) is 8.79. The van der Waals surface area contributed by atoms with Crippen LogP contribution in [0.4, 0.5) is 0 Å². The number of fused-ring (bicyclic) bond motifs is 1. The molecule has 4 rings (SSSR count). The van der Waals surface area contributed by atoms with Crippen LogP contribution in [-0.2, 0) is 11.3 Å². The number of aromatic nitrogens is 4. The molecule has 2 aromatic heterocycles. The van der Waals surface area contributed by atoms with Crippen molar-refractivity contribution in [2.24, 2.45) is 0 Å². The Balaban J connectivity index is 1.50. The highest BCUT2D eigenvalue weighted by Gasteiger charge is 2.11. The van der Waals surface area contributed by atoms with Crippen molar-refractivity contribution in [2.75, 3.05) is 7.11 Å². The summed E-state index contributed by atoms with van der Waals surface area (Å²) in [5.74, 6) is 0.228. The Morgan fingerprint density at radius 2 is 1.96 bits per heavy atom. The van der Waals surface area contributed by atoms with E-state index < -0.39 is 5.97 Å². The molecule has 0 saturated carbocycles. The molecule has 0 N–H and O–H groups in total. The van der Waals surface area contributed by atoms with E-state index in [1.807, 2.05) is 12.1 Å². The number of carbonyl (C=O) groups excluding carboxylic acids is 1. The van der Waals surface area contributed by atoms with E-state index in [9.17, 15) is 4.79 Å². The molecule has 0 bridgehead atoms. The highest BCUT2D eigenvalue weighted by Crippen LogP contribution is 2.23. The van der Waals surface area contributed by atoms with Crippen molar-refractivity contribution in [1.29, 1.82) is 0 Å². The lowest BCUT2D eigenvalue weighted by molar-refractivity contribution is 0.0467. The number of carbonyl (C=O) groups is 1. The number of halogens is 1. The topological polar surface area (TPSA) is 79.1 Å². The van der Waals surface area contributed by atoms with Crippen LogP contribution in [0.5, 0.6) is 5.75 Å². The summed E-state index contributed by atoms with van der Waals surface area (Å²) in [6, 6.07) is 14.0. The minimum absolute atomic E-state index is 0.0136. The molecule has 8 heteroatoms. The normalized spacial score (nSPS) is 10.8. The quantitative estimate of drug-likeness (QED) is 0.478. The van der Waals surface area contributed by atoms with Crippen LogP contribution in [0.2, 0.25) is 5.02 Å². The Morgan fingerprint density at radius 3 is 2.75 bits per heavy atom. The van der Waals surface area contributed by atoms with Gasteiger partial charge in [0, 0.05) is 16.6 Å². The number of methoxy groups -OCH3 is 1. The van der Waals surface area contributed by atoms with Crippen molar-refractivity contribution < 1.29 is 14.3 Å². The third-order valence-electron chi connectivity index (χ3n) is 4.15. The minimum Gasteiger partial charge on any atom is -0.497 e. The predicted molar refractivity (Wildman–Crippen MR) is 104 cm³/mol. The molecular formula is C20H15ClN4O3. The molecule has 28 heavy (non-hydrogen) atoms. The van der Waals surface area contributed by atoms with Crippen LogP contribution in [0.15, 0.2) is 60.9 Å². The number of benzene rings is 2. The van der Waals surface area contributed by atoms with Crippen LogP contribution in [0.1, 0.15) is 16.1 Å². The highest BCUT2D eigenvalue weighted by atomic mass is 35.5. The highest BCUT2D eigenvalue weighted by molar-refractivity contribution is 6.31. The second-order valence-electron chi connectivity index (χ2n) is 5.95. The molecule has 0 aliphatic heterocycles. The van der Waals surface area contributed by atoms with Crippen molar-refractivity contribution in [1.82, 2.24) is 20.0 Å². The number of hydrogen-bond acceptors (Lipinski definition) is 6. The third kappa shape index (κ3) is 3.65. The van der Waals surface area contributed by atoms with Crippen LogP contribution in [0, 0.1) is 0 Å². The van der Waals surface area contributed by atoms with Crippen molar-refractivity contribution >= 4 is 28.5 Å². The molecule has 0 spiro atoms. The molecule has 140 valence electrons. The van der Waals surface area contributed by atoms with Gasteiger partial charge in [0.25, 0.3) is 0 Å². The monoisotopic (exact) mass is 394 g/mol. The average molecular weight is 395 g/mol. The standard InChI is InChI=1S/C20H15ClN4O3/c1-27-16-5-2-13(3-6-16)20(26)28-12-15-11-25(24-23-15)19-8-9-22-18-10-14(21)4-7-17(18)19/h2-11H,12H2,1H3. The van der Waals surface area contributed by atoms with E-state index in [2.05, 4.69) is 15.3 Å². The molecule has 2 heterocycles. The van der Waals surface area contributed by atoms with Crippen molar-refractivity contribution in [3.8, 4) is 11.4 Å². The van der Waals surface area contributed by atoms with E-state index in [1.165, 1.54) is 0 Å². The van der Waals surface area contributed by atoms with E-state index in [0.29, 0.717) is 22.0 Å². The largest absolute Gasteiger partial charge is 0.497 e. The lowest BCUT2D eigenvalue weighted by Gasteiger charge is -2.05. The number of rotatable bonds is 5. The Labute approximate surface area is 165 Å². The zero-order valence-electron chi connectivity index (χ0n) is 14.9. The summed E-state index contributed by atoms with van der Waals surface area (Å²) < 4.78 is 12.0. The number of nitrogens with zero attached hydrogens (tertiary/aromatic N) is 4. The number of hydrogen-bond donors (Lipinski definition) is 0. The Hall–Kier alpha value is -3.45. The summed E-state index contributed by atoms with van der Waals surface area (Å²) in [5.41, 5.74) is 2.53. The lowest BCUT2D eigenvalue weighted by atomic mass is 10.2. The fraction of sp³-hybridized carbons (Fsp3) is 0.100. The van der Waals surface area contributed by atoms with Gasteiger partial charge in [-0.2, -0.15) is 0 Å². The van der Waals surface area contributed by atoms with Crippen LogP contribution in [-0.4, -0.2) is 33.1 Å². The average Bonchev–Trinajstić information content (AvgIpc) is 3.20. The molecule has 4 aromatic rings. The van der Waals surface area contributed by atoms with Gasteiger partial charge in [-0.25, -0.2) is 9.48 Å². The molecule has 0 atom stereocenters. The molecule has 0 unspecified atom stereocenters. The molecule has 0 radical (unpaired) electrons. The molecule has 0 aliphatic carbocycles. The maximum Gasteiger partial charge on any atom is 0.338 e. The van der Waals surface area contributed by atoms with Gasteiger partial charge in [-0.3, -0.25) is 4.98 Å². The van der Waals surface area contributed by atoms with Crippen molar-refractivity contribution in [3.05, 3.63) is 77.2 Å². The first-order chi connectivity index (χ1) is 13.6. The molecule has 7 nitrogen and oxygen atoms in total. The summed E-state index contributed by atoms with van der Waals surface area (Å²) in [6.07, 6.45) is 3.39. The molecule has 2 aromatic carbocycles. The van der Waals surface area contributed by atoms with Crippen molar-refractivity contribution in [3.63, 3.8) is 0 Å². The predicted octanol–water partition coefficient (Wildman–Crippen LogP) is 3.83. The summed E-state index contributed by atoms with van der Waals surface area (Å²) >= 11 is 6.03. The van der Waals surface area contributed by atoms with Gasteiger partial charge in [0.2, 0.25) is 0 Å². The van der Waals surface area contributed by atoms with Crippen LogP contribution < -0.4 is 4.74 Å². The van der Waals surface area contributed by atoms with Gasteiger partial charge in [-0.05, 0) is 48.5 Å². The Kier molecular flexibility index (Phi) is 4.90. The smallest absolute Gasteiger partial charge is 0.338 e. The summed E-state index contributed by atoms with van der Waals surface area (Å²) in [5, 5.41) is 9.71. The lowest BCUT2D eigenvalue weighted by Crippen LogP contribution is -2.05. The van der Waals surface area contributed by atoms with Crippen LogP contribution in [0.3, 0.4) is 0 Å². The molecule has 0 fully saturated rings. The fourth-order valence-electron chi connectivity index (χ4n) is 2.74. The Bertz CT molecular complexity index is 1140. The van der Waals surface area contributed by atoms with E-state index in [0.717, 1.165) is 16.6 Å². The summed E-state index contributed by atoms with van der Waals surface area (Å²) in [4.78, 5) is 16.5. The number of ether oxygens (including phenoxy) is 2. The maximum absolute atomic E-state index is 12.2. The van der Waals surface area contributed by atoms with Gasteiger partial charge < -0.3 is 9.47 Å². The molecule has 0 aliphatic rings. The maximum atomic E-state index is 12.2. The summed E-state index contributed by atoms with van der Waals surface area (Å²) in [7, 11) is 1.57. The van der Waals surface area contributed by atoms with E-state index in [4.69, 9.17) is 21.1 Å². The van der Waals surface area contributed by atoms with Crippen LogP contribution >= 0.6 is 11.6 Å². The number of esters is 1. The van der Waals surface area contributed by atoms with Gasteiger partial charge in [0.15, 0.2) is 0 Å². The van der Waals surface area contributed by atoms with Gasteiger partial charge in [-0.1, -0.05) is 16.8 Å². The van der Waals surface area contributed by atoms with Crippen molar-refractivity contribution in [2.45, 2.75) is 6.61 Å². The molecule has 0 saturated heterocycles. The van der Waals surface area contributed by atoms with Gasteiger partial charge >= 0.3 is 5.97 Å². The summed E-state index contributed by atoms with van der Waals surface area (Å²) in [6.45, 7) is 0.0136. The fourth-order valence-corrected chi connectivity index (χ4v) is 2.90. The second-order valence-corrected chi connectivity index (χ2v) is 6.39. The minimum atomic E-state index is -0.443. The Morgan fingerprint density at radius 1 is 1.14 bits per heavy atom. The molecule has 0 amide bonds. The molecular weight excluding hydrogens is 380 g/mol. The third-order valence-corrected chi connectivity index (χ3v) is 4.38. The van der Waals surface area contributed by atoms with Gasteiger partial charge in [0.1, 0.15) is 18.1 Å². The first kappa shape index (κ1) is 17.9. The van der Waals surface area contributed by atoms with E-state index in [1.54, 1.807) is 60.6 Å². The zero-order chi connectivity index (χ0) is 19.5. The van der Waals surface area contributed by atoms with E-state index >= 15 is 0 Å². The van der Waals surface area contributed by atoms with Gasteiger partial charge in [-0.15, -0.1) is 5.10 Å². The van der Waals surface area contributed by atoms with Gasteiger partial charge in [0.05, 0.1) is 30.1 Å². The SMILES string of the molecule is COc1ccc(C(=O)OCc2cn(-c3ccnc4cc(Cl)ccc34)nn2)cc1. The van der Waals surface area contributed by atoms with E-state index in [-0.39, 0.29) is 6.61 Å². The number of pyridine rings is 1. The second kappa shape index (κ2) is 7.66. The first-order valence-electron chi connectivity index (χ1n) is 8.41. The zero-order valence-corrected chi connectivity index (χ0v) is 15.6. The van der Waals surface area contributed by atoms with Crippen LogP contribution in [0.25, 0.3) is 16.6 Å².